The number of likely N-dealkylation sites (N-methyl/N-ethyl adjacent to an activating group) is 1. The van der Waals surface area contributed by atoms with Gasteiger partial charge in [-0.25, -0.2) is 0 Å². The Kier molecular flexibility index (Phi) is 2.86. The first kappa shape index (κ1) is 12.0. The highest BCUT2D eigenvalue weighted by molar-refractivity contribution is 5.44. The predicted octanol–water partition coefficient (Wildman–Crippen LogP) is 3.08. The zero-order valence-electron chi connectivity index (χ0n) is 11.4. The molecule has 2 heteroatoms. The van der Waals surface area contributed by atoms with Crippen LogP contribution in [-0.4, -0.2) is 29.6 Å². The van der Waals surface area contributed by atoms with Gasteiger partial charge < -0.3 is 10.0 Å². The number of nitrogens with zero attached hydrogens (tertiary/aromatic N) is 1. The number of fused-ring (bicyclic) bond motifs is 3. The van der Waals surface area contributed by atoms with Crippen molar-refractivity contribution in [2.75, 3.05) is 13.6 Å². The fourth-order valence-electron chi connectivity index (χ4n) is 4.34. The van der Waals surface area contributed by atoms with Crippen molar-refractivity contribution in [3.8, 4) is 5.75 Å². The normalized spacial score (nSPS) is 31.8. The molecule has 0 radical (unpaired) electrons. The number of aromatic hydroxyl groups is 1. The Morgan fingerprint density at radius 3 is 3.06 bits per heavy atom. The van der Waals surface area contributed by atoms with Crippen LogP contribution in [-0.2, 0) is 11.8 Å². The van der Waals surface area contributed by atoms with Gasteiger partial charge in [-0.2, -0.15) is 0 Å². The van der Waals surface area contributed by atoms with E-state index in [1.807, 2.05) is 12.1 Å². The maximum Gasteiger partial charge on any atom is 0.115 e. The molecule has 1 saturated heterocycles. The largest absolute Gasteiger partial charge is 0.508 e. The van der Waals surface area contributed by atoms with E-state index in [0.717, 1.165) is 6.42 Å². The zero-order chi connectivity index (χ0) is 12.8. The minimum absolute atomic E-state index is 0.277. The van der Waals surface area contributed by atoms with Crippen molar-refractivity contribution in [3.05, 3.63) is 29.3 Å². The molecule has 0 spiro atoms. The molecule has 2 aliphatic rings. The van der Waals surface area contributed by atoms with Crippen molar-refractivity contribution in [3.63, 3.8) is 0 Å². The summed E-state index contributed by atoms with van der Waals surface area (Å²) in [5, 5.41) is 9.84. The van der Waals surface area contributed by atoms with Gasteiger partial charge in [0.1, 0.15) is 5.75 Å². The van der Waals surface area contributed by atoms with E-state index in [4.69, 9.17) is 0 Å². The van der Waals surface area contributed by atoms with Gasteiger partial charge in [-0.05, 0) is 69.0 Å². The maximum atomic E-state index is 9.84. The van der Waals surface area contributed by atoms with Crippen molar-refractivity contribution < 1.29 is 5.11 Å². The van der Waals surface area contributed by atoms with Crippen LogP contribution in [0.1, 0.15) is 43.7 Å². The van der Waals surface area contributed by atoms with E-state index < -0.39 is 0 Å². The first-order valence-electron chi connectivity index (χ1n) is 7.20. The first-order chi connectivity index (χ1) is 8.67. The summed E-state index contributed by atoms with van der Waals surface area (Å²) in [5.74, 6) is 0.426. The fraction of sp³-hybridized carbons (Fsp3) is 0.625. The van der Waals surface area contributed by atoms with Crippen LogP contribution in [0.25, 0.3) is 0 Å². The smallest absolute Gasteiger partial charge is 0.115 e. The lowest BCUT2D eigenvalue weighted by molar-refractivity contribution is 0.0706. The third-order valence-electron chi connectivity index (χ3n) is 5.25. The topological polar surface area (TPSA) is 23.5 Å². The van der Waals surface area contributed by atoms with Gasteiger partial charge in [0.05, 0.1) is 0 Å². The summed E-state index contributed by atoms with van der Waals surface area (Å²) in [7, 11) is 2.27. The van der Waals surface area contributed by atoms with Gasteiger partial charge in [0.15, 0.2) is 0 Å². The summed E-state index contributed by atoms with van der Waals surface area (Å²) in [4.78, 5) is 2.54. The van der Waals surface area contributed by atoms with E-state index in [1.54, 1.807) is 0 Å². The second-order valence-electron chi connectivity index (χ2n) is 5.99. The van der Waals surface area contributed by atoms with Gasteiger partial charge in [-0.3, -0.25) is 0 Å². The molecule has 0 amide bonds. The molecule has 1 aromatic carbocycles. The van der Waals surface area contributed by atoms with Crippen LogP contribution in [0.2, 0.25) is 0 Å². The molecule has 1 fully saturated rings. The van der Waals surface area contributed by atoms with E-state index in [1.165, 1.54) is 43.4 Å². The Balaban J connectivity index is 2.14. The van der Waals surface area contributed by atoms with E-state index in [9.17, 15) is 5.11 Å². The molecule has 1 aromatic rings. The van der Waals surface area contributed by atoms with Crippen LogP contribution in [0, 0.1) is 0 Å². The highest BCUT2D eigenvalue weighted by atomic mass is 16.3. The van der Waals surface area contributed by atoms with E-state index in [2.05, 4.69) is 24.9 Å². The highest BCUT2D eigenvalue weighted by Crippen LogP contribution is 2.48. The molecule has 1 aliphatic heterocycles. The molecule has 1 N–H and O–H groups in total. The minimum atomic E-state index is 0.277. The number of hydrogen-bond acceptors (Lipinski definition) is 2. The third-order valence-corrected chi connectivity index (χ3v) is 5.25. The van der Waals surface area contributed by atoms with Crippen LogP contribution in [0.4, 0.5) is 0 Å². The summed E-state index contributed by atoms with van der Waals surface area (Å²) < 4.78 is 0. The Morgan fingerprint density at radius 1 is 1.44 bits per heavy atom. The number of aryl methyl sites for hydroxylation is 1. The molecule has 0 aromatic heterocycles. The monoisotopic (exact) mass is 245 g/mol. The number of likely N-dealkylation sites (tertiary alicyclic amines) is 1. The molecule has 1 heterocycles. The molecule has 1 aliphatic carbocycles. The average Bonchev–Trinajstić information content (AvgIpc) is 2.39. The molecule has 0 saturated carbocycles. The maximum absolute atomic E-state index is 9.84. The van der Waals surface area contributed by atoms with Gasteiger partial charge in [-0.15, -0.1) is 0 Å². The van der Waals surface area contributed by atoms with E-state index in [0.29, 0.717) is 11.8 Å². The second kappa shape index (κ2) is 4.27. The molecular formula is C16H23NO. The Morgan fingerprint density at radius 2 is 2.28 bits per heavy atom. The average molecular weight is 245 g/mol. The fourth-order valence-corrected chi connectivity index (χ4v) is 4.34. The van der Waals surface area contributed by atoms with Crippen molar-refractivity contribution in [2.24, 2.45) is 0 Å². The lowest BCUT2D eigenvalue weighted by Gasteiger charge is -2.52. The number of rotatable bonds is 1. The van der Waals surface area contributed by atoms with Gasteiger partial charge in [0.25, 0.3) is 0 Å². The summed E-state index contributed by atoms with van der Waals surface area (Å²) >= 11 is 0. The van der Waals surface area contributed by atoms with Crippen molar-refractivity contribution >= 4 is 0 Å². The molecule has 18 heavy (non-hydrogen) atoms. The third kappa shape index (κ3) is 1.58. The van der Waals surface area contributed by atoms with Crippen molar-refractivity contribution in [1.82, 2.24) is 4.90 Å². The van der Waals surface area contributed by atoms with Crippen LogP contribution in [0.3, 0.4) is 0 Å². The van der Waals surface area contributed by atoms with Gasteiger partial charge in [0.2, 0.25) is 0 Å². The first-order valence-corrected chi connectivity index (χ1v) is 7.20. The predicted molar refractivity (Wildman–Crippen MR) is 74.0 cm³/mol. The lowest BCUT2D eigenvalue weighted by atomic mass is 9.61. The van der Waals surface area contributed by atoms with Gasteiger partial charge in [0, 0.05) is 11.5 Å². The quantitative estimate of drug-likeness (QED) is 0.822. The minimum Gasteiger partial charge on any atom is -0.508 e. The van der Waals surface area contributed by atoms with Crippen LogP contribution < -0.4 is 0 Å². The summed E-state index contributed by atoms with van der Waals surface area (Å²) in [6.45, 7) is 3.53. The van der Waals surface area contributed by atoms with Crippen LogP contribution >= 0.6 is 0 Å². The Labute approximate surface area is 110 Å². The number of phenolic OH excluding ortho intramolecular Hbond substituents is 1. The summed E-state index contributed by atoms with van der Waals surface area (Å²) in [5.41, 5.74) is 3.16. The molecule has 3 rings (SSSR count). The number of benzene rings is 1. The molecule has 2 nitrogen and oxygen atoms in total. The zero-order valence-corrected chi connectivity index (χ0v) is 11.4. The van der Waals surface area contributed by atoms with E-state index in [-0.39, 0.29) is 5.41 Å². The van der Waals surface area contributed by atoms with E-state index >= 15 is 0 Å². The molecule has 2 atom stereocenters. The van der Waals surface area contributed by atoms with Crippen LogP contribution in [0.15, 0.2) is 18.2 Å². The lowest BCUT2D eigenvalue weighted by Crippen LogP contribution is -2.55. The van der Waals surface area contributed by atoms with Crippen molar-refractivity contribution in [2.45, 2.75) is 50.5 Å². The number of piperidine rings is 1. The molecule has 98 valence electrons. The van der Waals surface area contributed by atoms with Crippen molar-refractivity contribution in [1.29, 1.82) is 0 Å². The molecule has 0 unspecified atom stereocenters. The standard InChI is InChI=1S/C16H23NO/c1-3-16-9-4-10-17(2)15(16)8-6-12-5-7-13(18)11-14(12)16/h5,7,11,15,18H,3-4,6,8-10H2,1-2H3/t15-,16-/m0/s1. The summed E-state index contributed by atoms with van der Waals surface area (Å²) in [6.07, 6.45) is 6.15. The second-order valence-corrected chi connectivity index (χ2v) is 5.99. The Hall–Kier alpha value is -1.02. The molecular weight excluding hydrogens is 222 g/mol. The highest BCUT2D eigenvalue weighted by Gasteiger charge is 2.46. The summed E-state index contributed by atoms with van der Waals surface area (Å²) in [6, 6.07) is 6.66. The Bertz CT molecular complexity index is 456. The SMILES string of the molecule is CC[C@@]12CCCN(C)[C@H]1CCc1ccc(O)cc12. The molecule has 0 bridgehead atoms. The van der Waals surface area contributed by atoms with Gasteiger partial charge >= 0.3 is 0 Å². The van der Waals surface area contributed by atoms with Crippen LogP contribution in [0.5, 0.6) is 5.75 Å². The number of phenols is 1. The van der Waals surface area contributed by atoms with Gasteiger partial charge in [-0.1, -0.05) is 13.0 Å². The number of hydrogen-bond donors (Lipinski definition) is 1.